The van der Waals surface area contributed by atoms with Gasteiger partial charge in [0.15, 0.2) is 6.54 Å². The highest BCUT2D eigenvalue weighted by Gasteiger charge is 2.19. The van der Waals surface area contributed by atoms with Gasteiger partial charge in [-0.3, -0.25) is 14.4 Å². The molecule has 2 aromatic rings. The molecule has 0 saturated heterocycles. The van der Waals surface area contributed by atoms with Gasteiger partial charge in [-0.05, 0) is 42.6 Å². The number of amides is 3. The van der Waals surface area contributed by atoms with Crippen LogP contribution in [0.5, 0.6) is 0 Å². The van der Waals surface area contributed by atoms with E-state index in [-0.39, 0.29) is 24.3 Å². The largest absolute Gasteiger partial charge is 0.329 e. The molecule has 0 saturated carbocycles. The Balaban J connectivity index is 1.84. The Hall–Kier alpha value is -2.71. The molecule has 3 amide bonds. The SMILES string of the molecule is CCN(CC(=O)Nc1ccc(NC(C)=O)cc1)C(=O)C[NH+](C)Cc1cccs1. The summed E-state index contributed by atoms with van der Waals surface area (Å²) >= 11 is 1.68. The Kier molecular flexibility index (Phi) is 8.16. The molecule has 1 unspecified atom stereocenters. The van der Waals surface area contributed by atoms with Gasteiger partial charge in [-0.25, -0.2) is 0 Å². The molecule has 7 nitrogen and oxygen atoms in total. The van der Waals surface area contributed by atoms with Crippen molar-refractivity contribution in [2.75, 3.05) is 37.3 Å². The van der Waals surface area contributed by atoms with Crippen molar-refractivity contribution in [3.05, 3.63) is 46.7 Å². The Bertz CT molecular complexity index is 790. The van der Waals surface area contributed by atoms with Gasteiger partial charge in [-0.2, -0.15) is 0 Å². The minimum absolute atomic E-state index is 0.00899. The summed E-state index contributed by atoms with van der Waals surface area (Å²) in [6, 6.07) is 10.9. The molecule has 1 heterocycles. The van der Waals surface area contributed by atoms with E-state index >= 15 is 0 Å². The van der Waals surface area contributed by atoms with Crippen LogP contribution in [0.25, 0.3) is 0 Å². The molecule has 1 aromatic carbocycles. The van der Waals surface area contributed by atoms with Gasteiger partial charge in [0.05, 0.1) is 11.9 Å². The molecule has 3 N–H and O–H groups in total. The number of likely N-dealkylation sites (N-methyl/N-ethyl adjacent to an activating group) is 2. The van der Waals surface area contributed by atoms with Gasteiger partial charge in [0, 0.05) is 24.8 Å². The normalized spacial score (nSPS) is 11.5. The Morgan fingerprint density at radius 3 is 2.25 bits per heavy atom. The maximum atomic E-state index is 12.5. The van der Waals surface area contributed by atoms with Gasteiger partial charge in [0.2, 0.25) is 11.8 Å². The van der Waals surface area contributed by atoms with Crippen molar-refractivity contribution in [3.63, 3.8) is 0 Å². The Labute approximate surface area is 169 Å². The standard InChI is InChI=1S/C20H26N4O3S/c1-4-24(20(27)14-23(3)12-18-6-5-11-28-18)13-19(26)22-17-9-7-16(8-10-17)21-15(2)25/h5-11H,4,12-14H2,1-3H3,(H,21,25)(H,22,26)/p+1. The highest BCUT2D eigenvalue weighted by atomic mass is 32.1. The van der Waals surface area contributed by atoms with Crippen molar-refractivity contribution in [3.8, 4) is 0 Å². The summed E-state index contributed by atoms with van der Waals surface area (Å²) in [6.07, 6.45) is 0. The number of thiophene rings is 1. The van der Waals surface area contributed by atoms with Crippen LogP contribution in [0.3, 0.4) is 0 Å². The highest BCUT2D eigenvalue weighted by Crippen LogP contribution is 2.13. The van der Waals surface area contributed by atoms with E-state index < -0.39 is 0 Å². The lowest BCUT2D eigenvalue weighted by atomic mass is 10.2. The van der Waals surface area contributed by atoms with E-state index in [1.165, 1.54) is 11.8 Å². The maximum absolute atomic E-state index is 12.5. The van der Waals surface area contributed by atoms with Gasteiger partial charge in [-0.1, -0.05) is 6.07 Å². The van der Waals surface area contributed by atoms with Crippen molar-refractivity contribution < 1.29 is 19.3 Å². The first-order valence-electron chi connectivity index (χ1n) is 9.16. The molecule has 0 spiro atoms. The summed E-state index contributed by atoms with van der Waals surface area (Å²) in [5.41, 5.74) is 1.27. The predicted octanol–water partition coefficient (Wildman–Crippen LogP) is 1.21. The number of benzene rings is 1. The van der Waals surface area contributed by atoms with Crippen LogP contribution in [0.4, 0.5) is 11.4 Å². The van der Waals surface area contributed by atoms with Crippen molar-refractivity contribution in [1.29, 1.82) is 0 Å². The smallest absolute Gasteiger partial charge is 0.278 e. The molecular formula is C20H27N4O3S+. The number of nitrogens with zero attached hydrogens (tertiary/aromatic N) is 1. The maximum Gasteiger partial charge on any atom is 0.278 e. The summed E-state index contributed by atoms with van der Waals surface area (Å²) in [5, 5.41) is 7.47. The molecule has 1 aromatic heterocycles. The molecule has 0 radical (unpaired) electrons. The number of hydrogen-bond donors (Lipinski definition) is 3. The summed E-state index contributed by atoms with van der Waals surface area (Å²) < 4.78 is 0. The van der Waals surface area contributed by atoms with Gasteiger partial charge in [-0.15, -0.1) is 11.3 Å². The zero-order valence-electron chi connectivity index (χ0n) is 16.5. The van der Waals surface area contributed by atoms with Crippen LogP contribution in [0.1, 0.15) is 18.7 Å². The lowest BCUT2D eigenvalue weighted by Gasteiger charge is -2.22. The van der Waals surface area contributed by atoms with Gasteiger partial charge >= 0.3 is 0 Å². The molecule has 8 heteroatoms. The van der Waals surface area contributed by atoms with Crippen LogP contribution < -0.4 is 15.5 Å². The number of hydrogen-bond acceptors (Lipinski definition) is 4. The van der Waals surface area contributed by atoms with E-state index in [1.807, 2.05) is 25.4 Å². The van der Waals surface area contributed by atoms with Crippen LogP contribution in [-0.4, -0.2) is 49.3 Å². The van der Waals surface area contributed by atoms with E-state index in [0.717, 1.165) is 11.4 Å². The van der Waals surface area contributed by atoms with Crippen molar-refractivity contribution >= 4 is 40.4 Å². The van der Waals surface area contributed by atoms with Crippen molar-refractivity contribution in [2.45, 2.75) is 20.4 Å². The first-order chi connectivity index (χ1) is 13.4. The number of carbonyl (C=O) groups excluding carboxylic acids is 3. The second-order valence-electron chi connectivity index (χ2n) is 6.60. The van der Waals surface area contributed by atoms with Gasteiger partial charge in [0.1, 0.15) is 13.1 Å². The summed E-state index contributed by atoms with van der Waals surface area (Å²) in [5.74, 6) is -0.453. The first kappa shape index (κ1) is 21.6. The first-order valence-corrected chi connectivity index (χ1v) is 10.0. The number of anilines is 2. The van der Waals surface area contributed by atoms with E-state index in [0.29, 0.717) is 24.5 Å². The molecule has 0 fully saturated rings. The fourth-order valence-corrected chi connectivity index (χ4v) is 3.55. The number of nitrogens with one attached hydrogen (secondary N) is 3. The number of quaternary nitrogens is 1. The van der Waals surface area contributed by atoms with E-state index in [1.54, 1.807) is 40.5 Å². The zero-order chi connectivity index (χ0) is 20.5. The van der Waals surface area contributed by atoms with Crippen LogP contribution in [0.2, 0.25) is 0 Å². The second-order valence-corrected chi connectivity index (χ2v) is 7.64. The quantitative estimate of drug-likeness (QED) is 0.589. The average Bonchev–Trinajstić information content (AvgIpc) is 3.13. The van der Waals surface area contributed by atoms with Crippen molar-refractivity contribution in [2.24, 2.45) is 0 Å². The van der Waals surface area contributed by atoms with Crippen LogP contribution in [0, 0.1) is 0 Å². The molecule has 150 valence electrons. The molecule has 0 aliphatic rings. The average molecular weight is 404 g/mol. The van der Waals surface area contributed by atoms with E-state index in [9.17, 15) is 14.4 Å². The Morgan fingerprint density at radius 1 is 1.07 bits per heavy atom. The minimum Gasteiger partial charge on any atom is -0.329 e. The number of carbonyl (C=O) groups is 3. The van der Waals surface area contributed by atoms with Crippen LogP contribution in [0.15, 0.2) is 41.8 Å². The monoisotopic (exact) mass is 403 g/mol. The molecule has 0 aliphatic heterocycles. The molecule has 2 rings (SSSR count). The third kappa shape index (κ3) is 7.13. The minimum atomic E-state index is -0.251. The molecule has 1 atom stereocenters. The van der Waals surface area contributed by atoms with Crippen LogP contribution in [-0.2, 0) is 20.9 Å². The lowest BCUT2D eigenvalue weighted by molar-refractivity contribution is -0.885. The summed E-state index contributed by atoms with van der Waals surface area (Å²) in [6.45, 7) is 4.90. The second kappa shape index (κ2) is 10.6. The van der Waals surface area contributed by atoms with E-state index in [4.69, 9.17) is 0 Å². The molecule has 0 aliphatic carbocycles. The van der Waals surface area contributed by atoms with Gasteiger partial charge in [0.25, 0.3) is 5.91 Å². The third-order valence-electron chi connectivity index (χ3n) is 4.07. The fraction of sp³-hybridized carbons (Fsp3) is 0.350. The Morgan fingerprint density at radius 2 is 1.71 bits per heavy atom. The van der Waals surface area contributed by atoms with Gasteiger partial charge < -0.3 is 20.4 Å². The van der Waals surface area contributed by atoms with Crippen LogP contribution >= 0.6 is 11.3 Å². The molecular weight excluding hydrogens is 376 g/mol. The summed E-state index contributed by atoms with van der Waals surface area (Å²) in [7, 11) is 1.97. The molecule has 28 heavy (non-hydrogen) atoms. The summed E-state index contributed by atoms with van der Waals surface area (Å²) in [4.78, 5) is 39.8. The molecule has 0 bridgehead atoms. The lowest BCUT2D eigenvalue weighted by Crippen LogP contribution is -3.08. The third-order valence-corrected chi connectivity index (χ3v) is 4.94. The zero-order valence-corrected chi connectivity index (χ0v) is 17.3. The topological polar surface area (TPSA) is 83.0 Å². The number of rotatable bonds is 9. The van der Waals surface area contributed by atoms with Crippen molar-refractivity contribution in [1.82, 2.24) is 4.90 Å². The van der Waals surface area contributed by atoms with E-state index in [2.05, 4.69) is 16.7 Å². The highest BCUT2D eigenvalue weighted by molar-refractivity contribution is 7.09. The predicted molar refractivity (Wildman–Crippen MR) is 111 cm³/mol. The fourth-order valence-electron chi connectivity index (χ4n) is 2.73.